The lowest BCUT2D eigenvalue weighted by Gasteiger charge is -2.08. The van der Waals surface area contributed by atoms with Crippen molar-refractivity contribution >= 4 is 11.6 Å². The maximum absolute atomic E-state index is 5.99. The zero-order valence-corrected chi connectivity index (χ0v) is 13.1. The zero-order valence-electron chi connectivity index (χ0n) is 12.4. The molecule has 2 rings (SSSR count). The summed E-state index contributed by atoms with van der Waals surface area (Å²) in [5.41, 5.74) is 2.15. The van der Waals surface area contributed by atoms with E-state index in [4.69, 9.17) is 16.6 Å². The molecule has 0 unspecified atom stereocenters. The highest BCUT2D eigenvalue weighted by atomic mass is 35.5. The number of hydrogen-bond donors (Lipinski definition) is 0. The van der Waals surface area contributed by atoms with Gasteiger partial charge < -0.3 is 0 Å². The van der Waals surface area contributed by atoms with E-state index in [1.54, 1.807) is 0 Å². The number of hydrogen-bond acceptors (Lipinski definition) is 3. The van der Waals surface area contributed by atoms with E-state index >= 15 is 0 Å². The van der Waals surface area contributed by atoms with Crippen molar-refractivity contribution in [3.05, 3.63) is 35.0 Å². The zero-order chi connectivity index (χ0) is 14.5. The molecule has 20 heavy (non-hydrogen) atoms. The van der Waals surface area contributed by atoms with Crippen molar-refractivity contribution in [3.8, 4) is 5.82 Å². The van der Waals surface area contributed by atoms with Crippen LogP contribution in [0.2, 0.25) is 0 Å². The van der Waals surface area contributed by atoms with E-state index in [1.807, 2.05) is 10.7 Å². The molecule has 2 aromatic heterocycles. The summed E-state index contributed by atoms with van der Waals surface area (Å²) in [5.74, 6) is 3.12. The average Bonchev–Trinajstić information content (AvgIpc) is 2.90. The standard InChI is InChI=1S/C15H21ClN4/c1-4-7-12-8-11(10-16)9-15(17-12)20-14(6-3)18-13(5-2)19-20/h8-9H,4-7,10H2,1-3H3. The van der Waals surface area contributed by atoms with E-state index in [-0.39, 0.29) is 0 Å². The molecule has 0 spiro atoms. The molecule has 5 heteroatoms. The molecule has 0 amide bonds. The molecular formula is C15H21ClN4. The molecule has 108 valence electrons. The largest absolute Gasteiger partial charge is 0.234 e. The predicted molar refractivity (Wildman–Crippen MR) is 81.5 cm³/mol. The molecular weight excluding hydrogens is 272 g/mol. The summed E-state index contributed by atoms with van der Waals surface area (Å²) in [7, 11) is 0. The summed E-state index contributed by atoms with van der Waals surface area (Å²) in [5, 5.41) is 4.55. The molecule has 0 aromatic carbocycles. The van der Waals surface area contributed by atoms with Crippen LogP contribution in [0.1, 0.15) is 50.1 Å². The number of aromatic nitrogens is 4. The Kier molecular flexibility index (Phi) is 5.12. The van der Waals surface area contributed by atoms with Gasteiger partial charge in [-0.3, -0.25) is 0 Å². The molecule has 0 bridgehead atoms. The Bertz CT molecular complexity index is 577. The first-order chi connectivity index (χ1) is 9.71. The van der Waals surface area contributed by atoms with Crippen molar-refractivity contribution in [1.82, 2.24) is 19.7 Å². The molecule has 0 aliphatic carbocycles. The summed E-state index contributed by atoms with van der Waals surface area (Å²) in [4.78, 5) is 9.23. The first-order valence-corrected chi connectivity index (χ1v) is 7.76. The van der Waals surface area contributed by atoms with Gasteiger partial charge in [0.05, 0.1) is 0 Å². The van der Waals surface area contributed by atoms with Gasteiger partial charge in [0.15, 0.2) is 11.6 Å². The van der Waals surface area contributed by atoms with Crippen LogP contribution in [0.25, 0.3) is 5.82 Å². The van der Waals surface area contributed by atoms with Gasteiger partial charge in [0.1, 0.15) is 5.82 Å². The predicted octanol–water partition coefficient (Wildman–Crippen LogP) is 3.48. The van der Waals surface area contributed by atoms with Crippen LogP contribution in [0.3, 0.4) is 0 Å². The molecule has 0 radical (unpaired) electrons. The summed E-state index contributed by atoms with van der Waals surface area (Å²) >= 11 is 5.99. The molecule has 0 saturated carbocycles. The molecule has 0 saturated heterocycles. The second-order valence-electron chi connectivity index (χ2n) is 4.77. The van der Waals surface area contributed by atoms with Crippen molar-refractivity contribution in [1.29, 1.82) is 0 Å². The van der Waals surface area contributed by atoms with E-state index in [0.717, 1.165) is 54.4 Å². The Morgan fingerprint density at radius 1 is 1.10 bits per heavy atom. The SMILES string of the molecule is CCCc1cc(CCl)cc(-n2nc(CC)nc2CC)n1. The number of aryl methyl sites for hydroxylation is 3. The van der Waals surface area contributed by atoms with Crippen LogP contribution in [-0.2, 0) is 25.1 Å². The Morgan fingerprint density at radius 2 is 1.90 bits per heavy atom. The summed E-state index contributed by atoms with van der Waals surface area (Å²) in [6.07, 6.45) is 3.69. The highest BCUT2D eigenvalue weighted by Gasteiger charge is 2.12. The van der Waals surface area contributed by atoms with Gasteiger partial charge in [-0.1, -0.05) is 27.2 Å². The lowest BCUT2D eigenvalue weighted by Crippen LogP contribution is -2.07. The van der Waals surface area contributed by atoms with Crippen LogP contribution in [0.15, 0.2) is 12.1 Å². The lowest BCUT2D eigenvalue weighted by molar-refractivity contribution is 0.755. The lowest BCUT2D eigenvalue weighted by atomic mass is 10.2. The first kappa shape index (κ1) is 15.0. The molecule has 0 atom stereocenters. The minimum Gasteiger partial charge on any atom is -0.234 e. The number of pyridine rings is 1. The quantitative estimate of drug-likeness (QED) is 0.766. The highest BCUT2D eigenvalue weighted by Crippen LogP contribution is 2.15. The van der Waals surface area contributed by atoms with Gasteiger partial charge in [-0.2, -0.15) is 4.68 Å². The van der Waals surface area contributed by atoms with Crippen molar-refractivity contribution in [2.24, 2.45) is 0 Å². The van der Waals surface area contributed by atoms with Crippen LogP contribution in [0.4, 0.5) is 0 Å². The van der Waals surface area contributed by atoms with E-state index in [2.05, 4.69) is 36.9 Å². The van der Waals surface area contributed by atoms with Crippen LogP contribution in [-0.4, -0.2) is 19.7 Å². The van der Waals surface area contributed by atoms with Gasteiger partial charge in [0.25, 0.3) is 0 Å². The number of alkyl halides is 1. The Hall–Kier alpha value is -1.42. The third-order valence-corrected chi connectivity index (χ3v) is 3.46. The monoisotopic (exact) mass is 292 g/mol. The molecule has 0 aliphatic heterocycles. The topological polar surface area (TPSA) is 43.6 Å². The molecule has 2 heterocycles. The van der Waals surface area contributed by atoms with Crippen LogP contribution >= 0.6 is 11.6 Å². The van der Waals surface area contributed by atoms with Gasteiger partial charge >= 0.3 is 0 Å². The Balaban J connectivity index is 2.50. The average molecular weight is 293 g/mol. The van der Waals surface area contributed by atoms with Gasteiger partial charge in [-0.25, -0.2) is 9.97 Å². The molecule has 0 fully saturated rings. The van der Waals surface area contributed by atoms with Crippen LogP contribution in [0.5, 0.6) is 0 Å². The van der Waals surface area contributed by atoms with Gasteiger partial charge in [-0.05, 0) is 24.1 Å². The minimum atomic E-state index is 0.489. The number of nitrogens with zero attached hydrogens (tertiary/aromatic N) is 4. The van der Waals surface area contributed by atoms with Crippen molar-refractivity contribution in [2.75, 3.05) is 0 Å². The first-order valence-electron chi connectivity index (χ1n) is 7.22. The maximum Gasteiger partial charge on any atom is 0.156 e. The maximum atomic E-state index is 5.99. The number of halogens is 1. The minimum absolute atomic E-state index is 0.489. The van der Waals surface area contributed by atoms with E-state index in [1.165, 1.54) is 0 Å². The smallest absolute Gasteiger partial charge is 0.156 e. The third-order valence-electron chi connectivity index (χ3n) is 3.15. The fraction of sp³-hybridized carbons (Fsp3) is 0.533. The number of rotatable bonds is 6. The summed E-state index contributed by atoms with van der Waals surface area (Å²) in [6.45, 7) is 6.29. The second kappa shape index (κ2) is 6.84. The van der Waals surface area contributed by atoms with Gasteiger partial charge in [0, 0.05) is 24.4 Å². The third kappa shape index (κ3) is 3.18. The summed E-state index contributed by atoms with van der Waals surface area (Å²) < 4.78 is 1.86. The second-order valence-corrected chi connectivity index (χ2v) is 5.04. The van der Waals surface area contributed by atoms with Gasteiger partial charge in [0.2, 0.25) is 0 Å². The van der Waals surface area contributed by atoms with Crippen LogP contribution < -0.4 is 0 Å². The molecule has 4 nitrogen and oxygen atoms in total. The Labute approximate surface area is 125 Å². The normalized spacial score (nSPS) is 11.0. The van der Waals surface area contributed by atoms with Gasteiger partial charge in [-0.15, -0.1) is 16.7 Å². The fourth-order valence-electron chi connectivity index (χ4n) is 2.16. The Morgan fingerprint density at radius 3 is 2.50 bits per heavy atom. The van der Waals surface area contributed by atoms with Crippen molar-refractivity contribution < 1.29 is 0 Å². The van der Waals surface area contributed by atoms with E-state index in [0.29, 0.717) is 5.88 Å². The molecule has 0 aliphatic rings. The van der Waals surface area contributed by atoms with Crippen LogP contribution in [0, 0.1) is 0 Å². The highest BCUT2D eigenvalue weighted by molar-refractivity contribution is 6.17. The molecule has 2 aromatic rings. The summed E-state index contributed by atoms with van der Waals surface area (Å²) in [6, 6.07) is 4.07. The fourth-order valence-corrected chi connectivity index (χ4v) is 2.31. The van der Waals surface area contributed by atoms with E-state index in [9.17, 15) is 0 Å². The van der Waals surface area contributed by atoms with Crippen molar-refractivity contribution in [2.45, 2.75) is 52.3 Å². The van der Waals surface area contributed by atoms with E-state index < -0.39 is 0 Å². The van der Waals surface area contributed by atoms with Crippen molar-refractivity contribution in [3.63, 3.8) is 0 Å². The molecule has 0 N–H and O–H groups in total.